The number of hydrogen-bond donors (Lipinski definition) is 2. The molecule has 5 nitrogen and oxygen atoms in total. The first-order chi connectivity index (χ1) is 9.08. The van der Waals surface area contributed by atoms with E-state index in [0.717, 1.165) is 5.56 Å². The number of hydrogen-bond acceptors (Lipinski definition) is 3. The largest absolute Gasteiger partial charge is 0.328 e. The van der Waals surface area contributed by atoms with Gasteiger partial charge in [0.05, 0.1) is 4.90 Å². The molecule has 2 N–H and O–H groups in total. The summed E-state index contributed by atoms with van der Waals surface area (Å²) in [5.74, 6) is 0. The summed E-state index contributed by atoms with van der Waals surface area (Å²) in [6.45, 7) is 0.311. The van der Waals surface area contributed by atoms with Crippen molar-refractivity contribution < 1.29 is 8.42 Å². The summed E-state index contributed by atoms with van der Waals surface area (Å²) in [5.41, 5.74) is 0.731. The van der Waals surface area contributed by atoms with Crippen LogP contribution in [0.4, 0.5) is 0 Å². The first-order valence-electron chi connectivity index (χ1n) is 5.80. The number of H-pyrrole nitrogens is 1. The number of benzene rings is 1. The van der Waals surface area contributed by atoms with Crippen LogP contribution in [0.3, 0.4) is 0 Å². The number of rotatable bonds is 5. The Morgan fingerprint density at radius 1 is 1.05 bits per heavy atom. The molecule has 0 amide bonds. The van der Waals surface area contributed by atoms with Crippen LogP contribution in [0.15, 0.2) is 58.4 Å². The van der Waals surface area contributed by atoms with Crippen LogP contribution in [-0.2, 0) is 16.4 Å². The molecule has 0 fully saturated rings. The molecule has 0 aliphatic rings. The minimum atomic E-state index is -3.57. The van der Waals surface area contributed by atoms with Gasteiger partial charge in [0.1, 0.15) is 0 Å². The number of pyridine rings is 1. The topological polar surface area (TPSA) is 79.0 Å². The highest BCUT2D eigenvalue weighted by atomic mass is 32.2. The van der Waals surface area contributed by atoms with Crippen LogP contribution in [0.1, 0.15) is 5.56 Å². The maximum absolute atomic E-state index is 11.9. The van der Waals surface area contributed by atoms with E-state index in [1.807, 2.05) is 30.3 Å². The molecular weight excluding hydrogens is 264 g/mol. The van der Waals surface area contributed by atoms with E-state index in [4.69, 9.17) is 0 Å². The van der Waals surface area contributed by atoms with Gasteiger partial charge in [-0.15, -0.1) is 0 Å². The normalized spacial score (nSPS) is 11.4. The van der Waals surface area contributed by atoms with Crippen molar-refractivity contribution in [3.05, 3.63) is 64.6 Å². The van der Waals surface area contributed by atoms with E-state index >= 15 is 0 Å². The molecule has 0 bridgehead atoms. The number of aromatic amines is 1. The average molecular weight is 278 g/mol. The summed E-state index contributed by atoms with van der Waals surface area (Å²) < 4.78 is 26.3. The lowest BCUT2D eigenvalue weighted by Gasteiger charge is -2.06. The first-order valence-corrected chi connectivity index (χ1v) is 7.28. The predicted octanol–water partition coefficient (Wildman–Crippen LogP) is 0.896. The zero-order valence-corrected chi connectivity index (χ0v) is 11.0. The van der Waals surface area contributed by atoms with E-state index in [1.54, 1.807) is 0 Å². The van der Waals surface area contributed by atoms with Crippen molar-refractivity contribution in [2.75, 3.05) is 6.54 Å². The van der Waals surface area contributed by atoms with Crippen molar-refractivity contribution >= 4 is 10.0 Å². The molecule has 1 heterocycles. The molecule has 1 aromatic carbocycles. The Morgan fingerprint density at radius 3 is 2.42 bits per heavy atom. The molecule has 6 heteroatoms. The van der Waals surface area contributed by atoms with Gasteiger partial charge in [-0.3, -0.25) is 4.79 Å². The van der Waals surface area contributed by atoms with E-state index in [-0.39, 0.29) is 10.5 Å². The maximum Gasteiger partial charge on any atom is 0.247 e. The van der Waals surface area contributed by atoms with Crippen LogP contribution < -0.4 is 10.3 Å². The Balaban J connectivity index is 1.98. The maximum atomic E-state index is 11.9. The van der Waals surface area contributed by atoms with Gasteiger partial charge in [-0.25, -0.2) is 13.1 Å². The quantitative estimate of drug-likeness (QED) is 0.852. The third kappa shape index (κ3) is 3.77. The van der Waals surface area contributed by atoms with Crippen LogP contribution in [-0.4, -0.2) is 19.9 Å². The summed E-state index contributed by atoms with van der Waals surface area (Å²) in [5, 5.41) is 0. The smallest absolute Gasteiger partial charge is 0.247 e. The molecule has 2 rings (SSSR count). The molecule has 0 radical (unpaired) electrons. The second kappa shape index (κ2) is 5.81. The lowest BCUT2D eigenvalue weighted by Crippen LogP contribution is -2.26. The fraction of sp³-hybridized carbons (Fsp3) is 0.154. The number of sulfonamides is 1. The van der Waals surface area contributed by atoms with Crippen molar-refractivity contribution in [1.82, 2.24) is 9.71 Å². The van der Waals surface area contributed by atoms with Gasteiger partial charge < -0.3 is 4.98 Å². The highest BCUT2D eigenvalue weighted by Crippen LogP contribution is 2.04. The van der Waals surface area contributed by atoms with Crippen LogP contribution in [0.2, 0.25) is 0 Å². The molecule has 19 heavy (non-hydrogen) atoms. The first kappa shape index (κ1) is 13.5. The van der Waals surface area contributed by atoms with Crippen LogP contribution in [0.5, 0.6) is 0 Å². The standard InChI is InChI=1S/C13H14N2O3S/c16-13-7-6-12(10-14-13)19(17,18)15-9-8-11-4-2-1-3-5-11/h1-7,10,15H,8-9H2,(H,14,16). The SMILES string of the molecule is O=c1ccc(S(=O)(=O)NCCc2ccccc2)c[nH]1. The van der Waals surface area contributed by atoms with E-state index in [2.05, 4.69) is 9.71 Å². The van der Waals surface area contributed by atoms with Crippen molar-refractivity contribution in [3.63, 3.8) is 0 Å². The summed E-state index contributed by atoms with van der Waals surface area (Å²) >= 11 is 0. The second-order valence-electron chi connectivity index (χ2n) is 4.02. The van der Waals surface area contributed by atoms with Gasteiger partial charge in [0, 0.05) is 18.8 Å². The molecule has 0 saturated heterocycles. The van der Waals surface area contributed by atoms with Crippen molar-refractivity contribution in [1.29, 1.82) is 0 Å². The summed E-state index contributed by atoms with van der Waals surface area (Å²) in [6.07, 6.45) is 1.80. The Morgan fingerprint density at radius 2 is 1.79 bits per heavy atom. The molecular formula is C13H14N2O3S. The van der Waals surface area contributed by atoms with E-state index < -0.39 is 10.0 Å². The van der Waals surface area contributed by atoms with E-state index in [1.165, 1.54) is 18.3 Å². The lowest BCUT2D eigenvalue weighted by molar-refractivity contribution is 0.581. The van der Waals surface area contributed by atoms with Gasteiger partial charge in [-0.05, 0) is 18.1 Å². The Hall–Kier alpha value is -1.92. The van der Waals surface area contributed by atoms with E-state index in [9.17, 15) is 13.2 Å². The number of nitrogens with one attached hydrogen (secondary N) is 2. The molecule has 0 unspecified atom stereocenters. The minimum Gasteiger partial charge on any atom is -0.328 e. The van der Waals surface area contributed by atoms with Crippen molar-refractivity contribution in [2.24, 2.45) is 0 Å². The predicted molar refractivity (Wildman–Crippen MR) is 72.4 cm³/mol. The minimum absolute atomic E-state index is 0.0557. The highest BCUT2D eigenvalue weighted by Gasteiger charge is 2.12. The van der Waals surface area contributed by atoms with Crippen LogP contribution >= 0.6 is 0 Å². The Labute approximate surface area is 111 Å². The molecule has 0 saturated carbocycles. The fourth-order valence-electron chi connectivity index (χ4n) is 1.62. The third-order valence-corrected chi connectivity index (χ3v) is 4.07. The molecule has 0 spiro atoms. The van der Waals surface area contributed by atoms with Gasteiger partial charge in [-0.2, -0.15) is 0 Å². The third-order valence-electron chi connectivity index (χ3n) is 2.61. The summed E-state index contributed by atoms with van der Waals surface area (Å²) in [4.78, 5) is 13.3. The van der Waals surface area contributed by atoms with Crippen LogP contribution in [0.25, 0.3) is 0 Å². The van der Waals surface area contributed by atoms with Gasteiger partial charge >= 0.3 is 0 Å². The molecule has 1 aromatic heterocycles. The second-order valence-corrected chi connectivity index (χ2v) is 5.79. The molecule has 100 valence electrons. The van der Waals surface area contributed by atoms with Crippen molar-refractivity contribution in [3.8, 4) is 0 Å². The number of aromatic nitrogens is 1. The zero-order valence-electron chi connectivity index (χ0n) is 10.2. The van der Waals surface area contributed by atoms with Gasteiger partial charge in [0.15, 0.2) is 0 Å². The van der Waals surface area contributed by atoms with E-state index in [0.29, 0.717) is 13.0 Å². The Bertz CT molecular complexity index is 673. The van der Waals surface area contributed by atoms with Gasteiger partial charge in [0.25, 0.3) is 0 Å². The molecule has 0 aliphatic carbocycles. The molecule has 2 aromatic rings. The average Bonchev–Trinajstić information content (AvgIpc) is 2.40. The lowest BCUT2D eigenvalue weighted by atomic mass is 10.2. The highest BCUT2D eigenvalue weighted by molar-refractivity contribution is 7.89. The summed E-state index contributed by atoms with van der Waals surface area (Å²) in [6, 6.07) is 12.1. The molecule has 0 atom stereocenters. The fourth-order valence-corrected chi connectivity index (χ4v) is 2.62. The molecule has 0 aliphatic heterocycles. The monoisotopic (exact) mass is 278 g/mol. The van der Waals surface area contributed by atoms with Crippen molar-refractivity contribution in [2.45, 2.75) is 11.3 Å². The van der Waals surface area contributed by atoms with Crippen LogP contribution in [0, 0.1) is 0 Å². The zero-order chi connectivity index (χ0) is 13.7. The van der Waals surface area contributed by atoms with Gasteiger partial charge in [0.2, 0.25) is 15.6 Å². The Kier molecular flexibility index (Phi) is 4.13. The van der Waals surface area contributed by atoms with Gasteiger partial charge in [-0.1, -0.05) is 30.3 Å². The summed E-state index contributed by atoms with van der Waals surface area (Å²) in [7, 11) is -3.57.